The average molecular weight is 599 g/mol. The highest BCUT2D eigenvalue weighted by atomic mass is 19.4. The summed E-state index contributed by atoms with van der Waals surface area (Å²) in [6.45, 7) is 1.68. The highest BCUT2D eigenvalue weighted by Gasteiger charge is 2.39. The molecule has 0 bridgehead atoms. The second-order valence-electron chi connectivity index (χ2n) is 10.0. The molecule has 4 amide bonds. The number of nitrogens with zero attached hydrogens (tertiary/aromatic N) is 1. The van der Waals surface area contributed by atoms with E-state index in [-0.39, 0.29) is 24.6 Å². The normalized spacial score (nSPS) is 19.1. The number of alkyl halides is 3. The van der Waals surface area contributed by atoms with E-state index in [4.69, 9.17) is 0 Å². The van der Waals surface area contributed by atoms with Crippen molar-refractivity contribution < 1.29 is 50.3 Å². The van der Waals surface area contributed by atoms with Crippen molar-refractivity contribution in [1.29, 1.82) is 0 Å². The highest BCUT2D eigenvalue weighted by molar-refractivity contribution is 6.38. The van der Waals surface area contributed by atoms with E-state index >= 15 is 0 Å². The van der Waals surface area contributed by atoms with Crippen molar-refractivity contribution in [3.63, 3.8) is 0 Å². The smallest absolute Gasteiger partial charge is 0.353 e. The zero-order valence-corrected chi connectivity index (χ0v) is 21.7. The summed E-state index contributed by atoms with van der Waals surface area (Å²) in [6.07, 6.45) is -3.22. The molecule has 1 saturated heterocycles. The van der Waals surface area contributed by atoms with Crippen molar-refractivity contribution in [2.24, 2.45) is 5.92 Å². The molecule has 0 radical (unpaired) electrons. The van der Waals surface area contributed by atoms with Crippen LogP contribution in [0.15, 0.2) is 24.4 Å². The van der Waals surface area contributed by atoms with E-state index in [0.29, 0.717) is 25.1 Å². The molecule has 2 aromatic rings. The quantitative estimate of drug-likeness (QED) is 0.198. The van der Waals surface area contributed by atoms with Gasteiger partial charge in [-0.15, -0.1) is 0 Å². The minimum atomic E-state index is -4.93. The number of hydrogen-bond acceptors (Lipinski definition) is 6. The van der Waals surface area contributed by atoms with Crippen LogP contribution < -0.4 is 21.3 Å². The molecular weight excluding hydrogens is 576 g/mol. The Kier molecular flexibility index (Phi) is 8.54. The summed E-state index contributed by atoms with van der Waals surface area (Å²) in [5, 5.41) is 8.98. The van der Waals surface area contributed by atoms with Gasteiger partial charge in [-0.2, -0.15) is 13.2 Å². The van der Waals surface area contributed by atoms with E-state index in [2.05, 4.69) is 20.9 Å². The Labute approximate surface area is 233 Å². The average Bonchev–Trinajstić information content (AvgIpc) is 3.67. The van der Waals surface area contributed by atoms with Gasteiger partial charge < -0.3 is 21.3 Å². The zero-order chi connectivity index (χ0) is 30.9. The molecule has 1 aliphatic heterocycles. The molecule has 4 N–H and O–H groups in total. The third-order valence-electron chi connectivity index (χ3n) is 6.63. The van der Waals surface area contributed by atoms with Crippen LogP contribution in [0.25, 0.3) is 0 Å². The first-order chi connectivity index (χ1) is 19.6. The lowest BCUT2D eigenvalue weighted by atomic mass is 9.93. The fourth-order valence-electron chi connectivity index (χ4n) is 4.38. The van der Waals surface area contributed by atoms with Crippen LogP contribution in [0.3, 0.4) is 0 Å². The van der Waals surface area contributed by atoms with E-state index in [1.165, 1.54) is 0 Å². The van der Waals surface area contributed by atoms with Crippen molar-refractivity contribution in [1.82, 2.24) is 20.9 Å². The molecule has 1 aromatic carbocycles. The van der Waals surface area contributed by atoms with Crippen LogP contribution in [0.1, 0.15) is 59.0 Å². The molecule has 1 saturated carbocycles. The van der Waals surface area contributed by atoms with Crippen molar-refractivity contribution in [3.8, 4) is 0 Å². The summed E-state index contributed by atoms with van der Waals surface area (Å²) < 4.78 is 82.3. The number of carbonyl (C=O) groups is 5. The van der Waals surface area contributed by atoms with Crippen LogP contribution in [0, 0.1) is 23.4 Å². The molecule has 10 nitrogen and oxygen atoms in total. The van der Waals surface area contributed by atoms with Gasteiger partial charge in [0.25, 0.3) is 17.7 Å². The topological polar surface area (TPSA) is 146 Å². The summed E-state index contributed by atoms with van der Waals surface area (Å²) in [5.41, 5.74) is -4.42. The maximum atomic E-state index is 14.9. The number of pyridine rings is 1. The van der Waals surface area contributed by atoms with Crippen LogP contribution in [0.5, 0.6) is 0 Å². The maximum absolute atomic E-state index is 14.9. The number of ketones is 1. The van der Waals surface area contributed by atoms with Gasteiger partial charge in [0.15, 0.2) is 17.5 Å². The van der Waals surface area contributed by atoms with E-state index < -0.39 is 93.9 Å². The van der Waals surface area contributed by atoms with Gasteiger partial charge in [0, 0.05) is 35.8 Å². The Balaban J connectivity index is 1.64. The largest absolute Gasteiger partial charge is 0.433 e. The third kappa shape index (κ3) is 6.86. The SMILES string of the molecule is C[C@@H]1C[C@@H](CC(NC(=O)c2c(NC(=O)c3ccnc(C(F)(F)F)c3)cc(F)c(F)c2F)C(=O)C(=O)NC2CC2)C(=O)N1. The van der Waals surface area contributed by atoms with Crippen molar-refractivity contribution in [3.05, 3.63) is 58.7 Å². The van der Waals surface area contributed by atoms with E-state index in [9.17, 15) is 50.3 Å². The number of hydrogen-bond donors (Lipinski definition) is 4. The number of anilines is 1. The van der Waals surface area contributed by atoms with Crippen LogP contribution in [-0.2, 0) is 20.6 Å². The number of nitrogens with one attached hydrogen (secondary N) is 4. The number of amides is 4. The molecule has 0 spiro atoms. The molecule has 1 aliphatic carbocycles. The van der Waals surface area contributed by atoms with Crippen molar-refractivity contribution in [2.45, 2.75) is 56.9 Å². The summed E-state index contributed by atoms with van der Waals surface area (Å²) >= 11 is 0. The number of aromatic nitrogens is 1. The molecule has 42 heavy (non-hydrogen) atoms. The molecule has 16 heteroatoms. The van der Waals surface area contributed by atoms with Gasteiger partial charge in [0.1, 0.15) is 11.3 Å². The lowest BCUT2D eigenvalue weighted by Crippen LogP contribution is -2.49. The highest BCUT2D eigenvalue weighted by Crippen LogP contribution is 2.29. The summed E-state index contributed by atoms with van der Waals surface area (Å²) in [6, 6.07) is -0.856. The third-order valence-corrected chi connectivity index (χ3v) is 6.63. The van der Waals surface area contributed by atoms with Gasteiger partial charge in [-0.05, 0) is 44.7 Å². The fourth-order valence-corrected chi connectivity index (χ4v) is 4.38. The molecular formula is C26H23F6N5O5. The van der Waals surface area contributed by atoms with Crippen LogP contribution >= 0.6 is 0 Å². The van der Waals surface area contributed by atoms with Crippen LogP contribution in [0.4, 0.5) is 32.0 Å². The van der Waals surface area contributed by atoms with Crippen LogP contribution in [-0.4, -0.2) is 52.5 Å². The Bertz CT molecular complexity index is 1460. The standard InChI is InChI=1S/C26H23F6N5O5/c1-10-6-12(23(40)34-10)7-16(21(38)25(42)35-13-2-3-13)37-24(41)18-15(9-14(27)19(28)20(18)29)36-22(39)11-4-5-33-17(8-11)26(30,31)32/h4-5,8-10,12-13,16H,2-3,6-7H2,1H3,(H,34,40)(H,35,42)(H,36,39)(H,37,41)/t10-,12+,16?/m1/s1. The first-order valence-electron chi connectivity index (χ1n) is 12.6. The zero-order valence-electron chi connectivity index (χ0n) is 21.7. The van der Waals surface area contributed by atoms with Gasteiger partial charge in [-0.25, -0.2) is 13.2 Å². The second kappa shape index (κ2) is 11.8. The lowest BCUT2D eigenvalue weighted by Gasteiger charge is -2.21. The molecule has 1 unspecified atom stereocenters. The first kappa shape index (κ1) is 30.5. The van der Waals surface area contributed by atoms with Crippen LogP contribution in [0.2, 0.25) is 0 Å². The van der Waals surface area contributed by atoms with E-state index in [1.54, 1.807) is 6.92 Å². The monoisotopic (exact) mass is 599 g/mol. The van der Waals surface area contributed by atoms with Crippen molar-refractivity contribution in [2.75, 3.05) is 5.32 Å². The predicted octanol–water partition coefficient (Wildman–Crippen LogP) is 2.63. The second-order valence-corrected chi connectivity index (χ2v) is 10.0. The number of Topliss-reactive ketones (excluding diaryl/α,β-unsaturated/α-hetero) is 1. The van der Waals surface area contributed by atoms with Gasteiger partial charge >= 0.3 is 6.18 Å². The van der Waals surface area contributed by atoms with Gasteiger partial charge in [0.2, 0.25) is 11.7 Å². The minimum absolute atomic E-state index is 0.222. The summed E-state index contributed by atoms with van der Waals surface area (Å²) in [4.78, 5) is 66.7. The maximum Gasteiger partial charge on any atom is 0.433 e. The number of halogens is 6. The Morgan fingerprint density at radius 1 is 1.07 bits per heavy atom. The molecule has 3 atom stereocenters. The van der Waals surface area contributed by atoms with Crippen molar-refractivity contribution >= 4 is 35.1 Å². The number of rotatable bonds is 9. The molecule has 224 valence electrons. The predicted molar refractivity (Wildman–Crippen MR) is 131 cm³/mol. The Morgan fingerprint density at radius 3 is 2.36 bits per heavy atom. The first-order valence-corrected chi connectivity index (χ1v) is 12.6. The Hall–Kier alpha value is -4.50. The number of benzene rings is 1. The molecule has 2 aliphatic rings. The fraction of sp³-hybridized carbons (Fsp3) is 0.385. The Morgan fingerprint density at radius 2 is 1.76 bits per heavy atom. The molecule has 1 aromatic heterocycles. The van der Waals surface area contributed by atoms with E-state index in [1.807, 2.05) is 5.32 Å². The summed E-state index contributed by atoms with van der Waals surface area (Å²) in [5.74, 6) is -12.6. The summed E-state index contributed by atoms with van der Waals surface area (Å²) in [7, 11) is 0. The van der Waals surface area contributed by atoms with Gasteiger partial charge in [-0.1, -0.05) is 0 Å². The minimum Gasteiger partial charge on any atom is -0.353 e. The molecule has 2 fully saturated rings. The lowest BCUT2D eigenvalue weighted by molar-refractivity contribution is -0.141. The number of carbonyl (C=O) groups excluding carboxylic acids is 5. The van der Waals surface area contributed by atoms with Gasteiger partial charge in [-0.3, -0.25) is 29.0 Å². The molecule has 2 heterocycles. The van der Waals surface area contributed by atoms with E-state index in [0.717, 1.165) is 6.07 Å². The van der Waals surface area contributed by atoms with Gasteiger partial charge in [0.05, 0.1) is 11.7 Å². The molecule has 4 rings (SSSR count).